The van der Waals surface area contributed by atoms with Gasteiger partial charge in [0.25, 0.3) is 0 Å². The van der Waals surface area contributed by atoms with E-state index in [4.69, 9.17) is 4.74 Å². The molecular weight excluding hydrogens is 472 g/mol. The number of amides is 1. The van der Waals surface area contributed by atoms with Crippen LogP contribution >= 0.6 is 11.8 Å². The van der Waals surface area contributed by atoms with Crippen molar-refractivity contribution in [3.63, 3.8) is 0 Å². The monoisotopic (exact) mass is 496 g/mol. The Bertz CT molecular complexity index is 1460. The maximum absolute atomic E-state index is 12.9. The van der Waals surface area contributed by atoms with Crippen LogP contribution in [0.5, 0.6) is 5.75 Å². The second-order valence-corrected chi connectivity index (χ2v) is 8.90. The molecule has 180 valence electrons. The minimum absolute atomic E-state index is 0.159. The smallest absolute Gasteiger partial charge is 0.236 e. The average Bonchev–Trinajstić information content (AvgIpc) is 3.51. The predicted octanol–water partition coefficient (Wildman–Crippen LogP) is 5.17. The van der Waals surface area contributed by atoms with Gasteiger partial charge in [-0.3, -0.25) is 9.36 Å². The van der Waals surface area contributed by atoms with Gasteiger partial charge in [-0.15, -0.1) is 10.2 Å². The molecule has 36 heavy (non-hydrogen) atoms. The third kappa shape index (κ3) is 5.01. The van der Waals surface area contributed by atoms with E-state index in [1.807, 2.05) is 102 Å². The lowest BCUT2D eigenvalue weighted by molar-refractivity contribution is -0.113. The van der Waals surface area contributed by atoms with Crippen molar-refractivity contribution in [1.82, 2.24) is 24.5 Å². The van der Waals surface area contributed by atoms with E-state index in [9.17, 15) is 4.79 Å². The van der Waals surface area contributed by atoms with Crippen LogP contribution in [-0.2, 0) is 4.79 Å². The van der Waals surface area contributed by atoms with Crippen molar-refractivity contribution in [1.29, 1.82) is 0 Å². The van der Waals surface area contributed by atoms with E-state index < -0.39 is 0 Å². The molecule has 0 spiro atoms. The SMILES string of the molecule is COc1ccc(-c2nnc(SCC(=O)Nc3cc(C)nn3-c3ccccc3)n2-c2ccccc2)cc1. The summed E-state index contributed by atoms with van der Waals surface area (Å²) in [5.41, 5.74) is 3.50. The summed E-state index contributed by atoms with van der Waals surface area (Å²) in [4.78, 5) is 12.9. The molecule has 0 bridgehead atoms. The maximum atomic E-state index is 12.9. The number of para-hydroxylation sites is 2. The van der Waals surface area contributed by atoms with Crippen LogP contribution in [0.3, 0.4) is 0 Å². The van der Waals surface area contributed by atoms with Gasteiger partial charge in [0.15, 0.2) is 11.0 Å². The Morgan fingerprint density at radius 2 is 1.58 bits per heavy atom. The molecule has 2 aromatic heterocycles. The summed E-state index contributed by atoms with van der Waals surface area (Å²) in [5.74, 6) is 2.07. The molecule has 0 fully saturated rings. The maximum Gasteiger partial charge on any atom is 0.236 e. The number of aromatic nitrogens is 5. The van der Waals surface area contributed by atoms with Crippen molar-refractivity contribution in [2.45, 2.75) is 12.1 Å². The van der Waals surface area contributed by atoms with Gasteiger partial charge in [-0.25, -0.2) is 4.68 Å². The molecule has 1 amide bonds. The van der Waals surface area contributed by atoms with Gasteiger partial charge in [-0.1, -0.05) is 48.2 Å². The minimum Gasteiger partial charge on any atom is -0.497 e. The van der Waals surface area contributed by atoms with Crippen molar-refractivity contribution in [3.05, 3.63) is 96.7 Å². The number of carbonyl (C=O) groups is 1. The number of hydrogen-bond acceptors (Lipinski definition) is 6. The van der Waals surface area contributed by atoms with E-state index in [2.05, 4.69) is 20.6 Å². The quantitative estimate of drug-likeness (QED) is 0.298. The third-order valence-corrected chi connectivity index (χ3v) is 6.36. The average molecular weight is 497 g/mol. The van der Waals surface area contributed by atoms with Gasteiger partial charge in [-0.05, 0) is 55.5 Å². The predicted molar refractivity (Wildman–Crippen MR) is 141 cm³/mol. The van der Waals surface area contributed by atoms with Crippen molar-refractivity contribution < 1.29 is 9.53 Å². The molecule has 5 aromatic rings. The normalized spacial score (nSPS) is 10.8. The molecule has 3 aromatic carbocycles. The Labute approximate surface area is 213 Å². The van der Waals surface area contributed by atoms with Crippen LogP contribution in [0.2, 0.25) is 0 Å². The van der Waals surface area contributed by atoms with Crippen LogP contribution in [0.4, 0.5) is 5.82 Å². The van der Waals surface area contributed by atoms with Gasteiger partial charge in [0.2, 0.25) is 5.91 Å². The fourth-order valence-corrected chi connectivity index (χ4v) is 4.52. The van der Waals surface area contributed by atoms with E-state index in [1.165, 1.54) is 11.8 Å². The van der Waals surface area contributed by atoms with Crippen LogP contribution in [-0.4, -0.2) is 43.3 Å². The summed E-state index contributed by atoms with van der Waals surface area (Å²) in [6, 6.07) is 29.1. The lowest BCUT2D eigenvalue weighted by Crippen LogP contribution is -2.17. The molecule has 0 radical (unpaired) electrons. The van der Waals surface area contributed by atoms with E-state index in [0.717, 1.165) is 28.4 Å². The number of ether oxygens (including phenoxy) is 1. The molecule has 1 N–H and O–H groups in total. The molecule has 0 saturated heterocycles. The summed E-state index contributed by atoms with van der Waals surface area (Å²) in [7, 11) is 1.63. The van der Waals surface area contributed by atoms with E-state index in [1.54, 1.807) is 11.8 Å². The number of rotatable bonds is 8. The van der Waals surface area contributed by atoms with Crippen LogP contribution in [0, 0.1) is 6.92 Å². The van der Waals surface area contributed by atoms with Crippen molar-refractivity contribution >= 4 is 23.5 Å². The molecule has 9 heteroatoms. The molecule has 2 heterocycles. The highest BCUT2D eigenvalue weighted by molar-refractivity contribution is 7.99. The van der Waals surface area contributed by atoms with E-state index in [-0.39, 0.29) is 11.7 Å². The number of methoxy groups -OCH3 is 1. The Morgan fingerprint density at radius 1 is 0.917 bits per heavy atom. The van der Waals surface area contributed by atoms with Gasteiger partial charge in [0.1, 0.15) is 11.6 Å². The summed E-state index contributed by atoms with van der Waals surface area (Å²) >= 11 is 1.32. The Balaban J connectivity index is 1.38. The largest absolute Gasteiger partial charge is 0.497 e. The second-order valence-electron chi connectivity index (χ2n) is 7.96. The molecule has 0 atom stereocenters. The Hall–Kier alpha value is -4.37. The molecule has 0 aliphatic heterocycles. The second kappa shape index (κ2) is 10.5. The first-order chi connectivity index (χ1) is 17.6. The zero-order chi connectivity index (χ0) is 24.9. The first-order valence-corrected chi connectivity index (χ1v) is 12.3. The minimum atomic E-state index is -0.161. The lowest BCUT2D eigenvalue weighted by atomic mass is 10.2. The molecule has 8 nitrogen and oxygen atoms in total. The summed E-state index contributed by atoms with van der Waals surface area (Å²) in [6.07, 6.45) is 0. The van der Waals surface area contributed by atoms with E-state index >= 15 is 0 Å². The first-order valence-electron chi connectivity index (χ1n) is 11.3. The number of nitrogens with one attached hydrogen (secondary N) is 1. The molecule has 0 unspecified atom stereocenters. The van der Waals surface area contributed by atoms with Gasteiger partial charge >= 0.3 is 0 Å². The number of hydrogen-bond donors (Lipinski definition) is 1. The van der Waals surface area contributed by atoms with Gasteiger partial charge in [0, 0.05) is 17.3 Å². The molecular formula is C27H24N6O2S. The summed E-state index contributed by atoms with van der Waals surface area (Å²) in [5, 5.41) is 17.0. The number of thioether (sulfide) groups is 1. The third-order valence-electron chi connectivity index (χ3n) is 5.43. The van der Waals surface area contributed by atoms with Crippen molar-refractivity contribution in [2.75, 3.05) is 18.2 Å². The van der Waals surface area contributed by atoms with E-state index in [0.29, 0.717) is 16.8 Å². The fraction of sp³-hybridized carbons (Fsp3) is 0.111. The first kappa shape index (κ1) is 23.4. The lowest BCUT2D eigenvalue weighted by Gasteiger charge is -2.11. The van der Waals surface area contributed by atoms with Gasteiger partial charge in [-0.2, -0.15) is 5.10 Å². The Morgan fingerprint density at radius 3 is 2.25 bits per heavy atom. The highest BCUT2D eigenvalue weighted by Crippen LogP contribution is 2.29. The molecule has 0 aliphatic carbocycles. The number of carbonyl (C=O) groups excluding carboxylic acids is 1. The van der Waals surface area contributed by atoms with Gasteiger partial charge < -0.3 is 10.1 Å². The zero-order valence-corrected chi connectivity index (χ0v) is 20.6. The van der Waals surface area contributed by atoms with Crippen LogP contribution in [0.15, 0.2) is 96.2 Å². The number of nitrogens with zero attached hydrogens (tertiary/aromatic N) is 5. The molecule has 0 saturated carbocycles. The summed E-state index contributed by atoms with van der Waals surface area (Å²) < 4.78 is 8.96. The number of aryl methyl sites for hydroxylation is 1. The highest BCUT2D eigenvalue weighted by Gasteiger charge is 2.18. The van der Waals surface area contributed by atoms with Crippen molar-refractivity contribution in [2.24, 2.45) is 0 Å². The number of benzene rings is 3. The van der Waals surface area contributed by atoms with Crippen LogP contribution in [0.25, 0.3) is 22.8 Å². The Kier molecular flexibility index (Phi) is 6.81. The van der Waals surface area contributed by atoms with Crippen molar-refractivity contribution in [3.8, 4) is 28.5 Å². The molecule has 5 rings (SSSR count). The topological polar surface area (TPSA) is 86.9 Å². The van der Waals surface area contributed by atoms with Gasteiger partial charge in [0.05, 0.1) is 24.2 Å². The summed E-state index contributed by atoms with van der Waals surface area (Å²) in [6.45, 7) is 1.90. The standard InChI is InChI=1S/C27H24N6O2S/c1-19-17-24(33(31-19)22-11-7-4-8-12-22)28-25(34)18-36-27-30-29-26(20-13-15-23(35-2)16-14-20)32(27)21-9-5-3-6-10-21/h3-17H,18H2,1-2H3,(H,28,34). The van der Waals surface area contributed by atoms with Crippen LogP contribution in [0.1, 0.15) is 5.69 Å². The molecule has 0 aliphatic rings. The zero-order valence-electron chi connectivity index (χ0n) is 19.8. The number of anilines is 1. The fourth-order valence-electron chi connectivity index (χ4n) is 3.76. The van der Waals surface area contributed by atoms with Crippen LogP contribution < -0.4 is 10.1 Å². The highest BCUT2D eigenvalue weighted by atomic mass is 32.2.